The summed E-state index contributed by atoms with van der Waals surface area (Å²) in [6.45, 7) is 0.309. The lowest BCUT2D eigenvalue weighted by Gasteiger charge is -2.08. The molecule has 1 heterocycles. The third-order valence-electron chi connectivity index (χ3n) is 2.28. The molecule has 3 nitrogen and oxygen atoms in total. The molecule has 0 fully saturated rings. The highest BCUT2D eigenvalue weighted by molar-refractivity contribution is 6.29. The fraction of sp³-hybridized carbons (Fsp3) is 0.0833. The van der Waals surface area contributed by atoms with E-state index >= 15 is 0 Å². The van der Waals surface area contributed by atoms with Crippen molar-refractivity contribution >= 4 is 17.3 Å². The Labute approximate surface area is 103 Å². The predicted molar refractivity (Wildman–Crippen MR) is 64.6 cm³/mol. The lowest BCUT2D eigenvalue weighted by Crippen LogP contribution is -2.00. The first-order valence-electron chi connectivity index (χ1n) is 4.98. The number of hydrogen-bond donors (Lipinski definition) is 2. The Morgan fingerprint density at radius 2 is 2.18 bits per heavy atom. The van der Waals surface area contributed by atoms with Crippen molar-refractivity contribution in [2.75, 3.05) is 5.32 Å². The Bertz CT molecular complexity index is 534. The second-order valence-electron chi connectivity index (χ2n) is 3.47. The molecule has 0 aliphatic rings. The van der Waals surface area contributed by atoms with Gasteiger partial charge in [0.15, 0.2) is 11.6 Å². The van der Waals surface area contributed by atoms with Crippen LogP contribution in [0.1, 0.15) is 5.56 Å². The zero-order valence-corrected chi connectivity index (χ0v) is 9.58. The van der Waals surface area contributed by atoms with Crippen LogP contribution in [0.4, 0.5) is 10.1 Å². The van der Waals surface area contributed by atoms with Crippen LogP contribution in [0.5, 0.6) is 5.75 Å². The predicted octanol–water partition coefficient (Wildman–Crippen LogP) is 3.19. The fourth-order valence-electron chi connectivity index (χ4n) is 1.41. The summed E-state index contributed by atoms with van der Waals surface area (Å²) >= 11 is 5.72. The van der Waals surface area contributed by atoms with Gasteiger partial charge in [-0.3, -0.25) is 0 Å². The topological polar surface area (TPSA) is 45.1 Å². The second-order valence-corrected chi connectivity index (χ2v) is 3.86. The molecule has 0 amide bonds. The number of pyridine rings is 1. The van der Waals surface area contributed by atoms with Gasteiger partial charge in [0.2, 0.25) is 0 Å². The highest BCUT2D eigenvalue weighted by atomic mass is 35.5. The van der Waals surface area contributed by atoms with Crippen LogP contribution < -0.4 is 5.32 Å². The van der Waals surface area contributed by atoms with Crippen molar-refractivity contribution in [3.63, 3.8) is 0 Å². The minimum atomic E-state index is -0.628. The van der Waals surface area contributed by atoms with E-state index in [9.17, 15) is 9.50 Å². The smallest absolute Gasteiger partial charge is 0.165 e. The Morgan fingerprint density at radius 1 is 1.35 bits per heavy atom. The van der Waals surface area contributed by atoms with Gasteiger partial charge >= 0.3 is 0 Å². The number of para-hydroxylation sites is 1. The summed E-state index contributed by atoms with van der Waals surface area (Å²) in [6.07, 6.45) is 1.57. The van der Waals surface area contributed by atoms with Gasteiger partial charge in [-0.1, -0.05) is 23.7 Å². The van der Waals surface area contributed by atoms with Gasteiger partial charge < -0.3 is 10.4 Å². The number of phenolic OH excluding ortho intramolecular Hbond substituents is 1. The Kier molecular flexibility index (Phi) is 3.44. The van der Waals surface area contributed by atoms with Gasteiger partial charge in [-0.2, -0.15) is 0 Å². The second kappa shape index (κ2) is 5.01. The molecule has 2 N–H and O–H groups in total. The highest BCUT2D eigenvalue weighted by Gasteiger charge is 2.05. The van der Waals surface area contributed by atoms with Gasteiger partial charge in [0.25, 0.3) is 0 Å². The summed E-state index contributed by atoms with van der Waals surface area (Å²) < 4.78 is 13.1. The maximum Gasteiger partial charge on any atom is 0.165 e. The molecule has 0 atom stereocenters. The van der Waals surface area contributed by atoms with E-state index in [1.165, 1.54) is 6.07 Å². The van der Waals surface area contributed by atoms with E-state index in [0.29, 0.717) is 17.3 Å². The minimum absolute atomic E-state index is 0.309. The monoisotopic (exact) mass is 252 g/mol. The first-order chi connectivity index (χ1) is 8.16. The summed E-state index contributed by atoms with van der Waals surface area (Å²) in [5.41, 5.74) is 1.24. The van der Waals surface area contributed by atoms with Crippen LogP contribution in [0.2, 0.25) is 5.15 Å². The molecule has 0 spiro atoms. The number of nitrogens with zero attached hydrogens (tertiary/aromatic N) is 1. The van der Waals surface area contributed by atoms with Crippen LogP contribution >= 0.6 is 11.6 Å². The van der Waals surface area contributed by atoms with Crippen LogP contribution in [0.3, 0.4) is 0 Å². The molecule has 2 aromatic rings. The third-order valence-corrected chi connectivity index (χ3v) is 2.49. The number of halogens is 2. The van der Waals surface area contributed by atoms with Crippen LogP contribution in [-0.2, 0) is 6.54 Å². The molecule has 0 radical (unpaired) electrons. The van der Waals surface area contributed by atoms with Gasteiger partial charge in [-0.25, -0.2) is 9.37 Å². The fourth-order valence-corrected chi connectivity index (χ4v) is 1.59. The third kappa shape index (κ3) is 2.85. The maximum absolute atomic E-state index is 13.1. The number of aromatic nitrogens is 1. The number of anilines is 1. The van der Waals surface area contributed by atoms with E-state index in [4.69, 9.17) is 11.6 Å². The van der Waals surface area contributed by atoms with E-state index in [1.807, 2.05) is 0 Å². The highest BCUT2D eigenvalue weighted by Crippen LogP contribution is 2.22. The Hall–Kier alpha value is -1.81. The summed E-state index contributed by atoms with van der Waals surface area (Å²) in [7, 11) is 0. The molecule has 0 aliphatic carbocycles. The SMILES string of the molecule is Oc1c(F)cccc1CNc1ccnc(Cl)c1. The standard InChI is InChI=1S/C12H10ClFN2O/c13-11-6-9(4-5-15-11)16-7-8-2-1-3-10(14)12(8)17/h1-6,17H,7H2,(H,15,16). The van der Waals surface area contributed by atoms with Gasteiger partial charge in [0, 0.05) is 24.0 Å². The molecular weight excluding hydrogens is 243 g/mol. The zero-order chi connectivity index (χ0) is 12.3. The molecule has 0 unspecified atom stereocenters. The molecule has 1 aromatic heterocycles. The minimum Gasteiger partial charge on any atom is -0.505 e. The number of phenols is 1. The van der Waals surface area contributed by atoms with Crippen LogP contribution in [0.25, 0.3) is 0 Å². The summed E-state index contributed by atoms with van der Waals surface area (Å²) in [6, 6.07) is 7.79. The van der Waals surface area contributed by atoms with Gasteiger partial charge in [0.1, 0.15) is 5.15 Å². The average Bonchev–Trinajstić information content (AvgIpc) is 2.31. The van der Waals surface area contributed by atoms with E-state index in [0.717, 1.165) is 5.69 Å². The van der Waals surface area contributed by atoms with Crippen LogP contribution in [-0.4, -0.2) is 10.1 Å². The number of benzene rings is 1. The molecule has 0 aliphatic heterocycles. The molecule has 0 saturated heterocycles. The molecular formula is C12H10ClFN2O. The number of rotatable bonds is 3. The van der Waals surface area contributed by atoms with Crippen molar-refractivity contribution in [2.45, 2.75) is 6.54 Å². The Morgan fingerprint density at radius 3 is 2.94 bits per heavy atom. The normalized spacial score (nSPS) is 10.2. The first kappa shape index (κ1) is 11.7. The molecule has 17 heavy (non-hydrogen) atoms. The molecule has 1 aromatic carbocycles. The summed E-state index contributed by atoms with van der Waals surface area (Å²) in [4.78, 5) is 3.84. The van der Waals surface area contributed by atoms with Crippen molar-refractivity contribution in [1.29, 1.82) is 0 Å². The van der Waals surface area contributed by atoms with E-state index < -0.39 is 5.82 Å². The van der Waals surface area contributed by atoms with Crippen molar-refractivity contribution < 1.29 is 9.50 Å². The van der Waals surface area contributed by atoms with Crippen molar-refractivity contribution in [2.24, 2.45) is 0 Å². The van der Waals surface area contributed by atoms with E-state index in [1.54, 1.807) is 30.5 Å². The van der Waals surface area contributed by atoms with Crippen molar-refractivity contribution in [3.05, 3.63) is 53.1 Å². The molecule has 88 valence electrons. The lowest BCUT2D eigenvalue weighted by atomic mass is 10.2. The maximum atomic E-state index is 13.1. The molecule has 0 bridgehead atoms. The zero-order valence-electron chi connectivity index (χ0n) is 8.82. The molecule has 5 heteroatoms. The van der Waals surface area contributed by atoms with Gasteiger partial charge in [-0.15, -0.1) is 0 Å². The number of aromatic hydroxyl groups is 1. The largest absolute Gasteiger partial charge is 0.505 e. The number of nitrogens with one attached hydrogen (secondary N) is 1. The van der Waals surface area contributed by atoms with E-state index in [-0.39, 0.29) is 5.75 Å². The quantitative estimate of drug-likeness (QED) is 0.825. The van der Waals surface area contributed by atoms with Crippen LogP contribution in [0.15, 0.2) is 36.5 Å². The Balaban J connectivity index is 2.10. The van der Waals surface area contributed by atoms with E-state index in [2.05, 4.69) is 10.3 Å². The first-order valence-corrected chi connectivity index (χ1v) is 5.36. The lowest BCUT2D eigenvalue weighted by molar-refractivity contribution is 0.427. The van der Waals surface area contributed by atoms with Crippen molar-refractivity contribution in [1.82, 2.24) is 4.98 Å². The number of hydrogen-bond acceptors (Lipinski definition) is 3. The van der Waals surface area contributed by atoms with Gasteiger partial charge in [-0.05, 0) is 18.2 Å². The van der Waals surface area contributed by atoms with Crippen molar-refractivity contribution in [3.8, 4) is 5.75 Å². The molecule has 0 saturated carbocycles. The summed E-state index contributed by atoms with van der Waals surface area (Å²) in [5.74, 6) is -0.961. The molecule has 2 rings (SSSR count). The van der Waals surface area contributed by atoms with Gasteiger partial charge in [0.05, 0.1) is 0 Å². The van der Waals surface area contributed by atoms with Crippen LogP contribution in [0, 0.1) is 5.82 Å². The summed E-state index contributed by atoms with van der Waals surface area (Å²) in [5, 5.41) is 12.9. The average molecular weight is 253 g/mol.